The SMILES string of the molecule is C=C1C=C[C@H]([C@@H](C)CC#N)CC1. The highest BCUT2D eigenvalue weighted by Gasteiger charge is 2.16. The van der Waals surface area contributed by atoms with Crippen molar-refractivity contribution in [3.8, 4) is 6.07 Å². The number of hydrogen-bond donors (Lipinski definition) is 0. The van der Waals surface area contributed by atoms with E-state index in [1.54, 1.807) is 0 Å². The maximum absolute atomic E-state index is 8.53. The first-order valence-corrected chi connectivity index (χ1v) is 4.47. The second-order valence-electron chi connectivity index (χ2n) is 3.56. The third kappa shape index (κ3) is 2.23. The van der Waals surface area contributed by atoms with Crippen LogP contribution < -0.4 is 0 Å². The third-order valence-electron chi connectivity index (χ3n) is 2.52. The summed E-state index contributed by atoms with van der Waals surface area (Å²) in [5, 5.41) is 8.53. The fraction of sp³-hybridized carbons (Fsp3) is 0.545. The van der Waals surface area contributed by atoms with Crippen LogP contribution in [0.5, 0.6) is 0 Å². The van der Waals surface area contributed by atoms with Gasteiger partial charge in [0.25, 0.3) is 0 Å². The number of allylic oxidation sites excluding steroid dienone is 3. The smallest absolute Gasteiger partial charge is 0.0624 e. The predicted octanol–water partition coefficient (Wildman–Crippen LogP) is 3.06. The first-order chi connectivity index (χ1) is 5.74. The van der Waals surface area contributed by atoms with Gasteiger partial charge in [0.15, 0.2) is 0 Å². The van der Waals surface area contributed by atoms with Crippen LogP contribution in [0.25, 0.3) is 0 Å². The summed E-state index contributed by atoms with van der Waals surface area (Å²) < 4.78 is 0. The monoisotopic (exact) mass is 161 g/mol. The first kappa shape index (κ1) is 9.06. The minimum atomic E-state index is 0.499. The Morgan fingerprint density at radius 3 is 3.08 bits per heavy atom. The van der Waals surface area contributed by atoms with E-state index in [-0.39, 0.29) is 0 Å². The Labute approximate surface area is 74.4 Å². The van der Waals surface area contributed by atoms with E-state index in [0.717, 1.165) is 12.8 Å². The maximum atomic E-state index is 8.53. The van der Waals surface area contributed by atoms with E-state index in [4.69, 9.17) is 5.26 Å². The van der Waals surface area contributed by atoms with E-state index in [1.165, 1.54) is 5.57 Å². The maximum Gasteiger partial charge on any atom is 0.0624 e. The number of rotatable bonds is 2. The molecule has 12 heavy (non-hydrogen) atoms. The molecule has 0 amide bonds. The second-order valence-corrected chi connectivity index (χ2v) is 3.56. The molecule has 0 fully saturated rings. The number of hydrogen-bond acceptors (Lipinski definition) is 1. The Morgan fingerprint density at radius 1 is 1.83 bits per heavy atom. The zero-order valence-corrected chi connectivity index (χ0v) is 7.59. The zero-order valence-electron chi connectivity index (χ0n) is 7.59. The Kier molecular flexibility index (Phi) is 3.10. The molecule has 0 saturated carbocycles. The van der Waals surface area contributed by atoms with Gasteiger partial charge in [-0.2, -0.15) is 5.26 Å². The van der Waals surface area contributed by atoms with Crippen molar-refractivity contribution >= 4 is 0 Å². The minimum Gasteiger partial charge on any atom is -0.198 e. The van der Waals surface area contributed by atoms with Crippen molar-refractivity contribution < 1.29 is 0 Å². The molecular formula is C11H15N. The normalized spacial score (nSPS) is 25.0. The van der Waals surface area contributed by atoms with Crippen molar-refractivity contribution in [2.75, 3.05) is 0 Å². The van der Waals surface area contributed by atoms with Gasteiger partial charge in [-0.25, -0.2) is 0 Å². The molecule has 2 atom stereocenters. The van der Waals surface area contributed by atoms with Crippen LogP contribution in [0.2, 0.25) is 0 Å². The molecule has 0 aromatic rings. The molecule has 0 aromatic carbocycles. The van der Waals surface area contributed by atoms with Gasteiger partial charge in [0.1, 0.15) is 0 Å². The van der Waals surface area contributed by atoms with Crippen LogP contribution in [-0.4, -0.2) is 0 Å². The lowest BCUT2D eigenvalue weighted by molar-refractivity contribution is 0.405. The minimum absolute atomic E-state index is 0.499. The molecule has 0 radical (unpaired) electrons. The lowest BCUT2D eigenvalue weighted by Crippen LogP contribution is -2.11. The highest BCUT2D eigenvalue weighted by atomic mass is 14.3. The van der Waals surface area contributed by atoms with Gasteiger partial charge in [-0.3, -0.25) is 0 Å². The van der Waals surface area contributed by atoms with E-state index in [9.17, 15) is 0 Å². The van der Waals surface area contributed by atoms with Crippen molar-refractivity contribution in [3.63, 3.8) is 0 Å². The van der Waals surface area contributed by atoms with Gasteiger partial charge in [0.05, 0.1) is 6.07 Å². The van der Waals surface area contributed by atoms with Gasteiger partial charge in [-0.05, 0) is 24.7 Å². The quantitative estimate of drug-likeness (QED) is 0.610. The Balaban J connectivity index is 2.49. The molecule has 0 heterocycles. The van der Waals surface area contributed by atoms with E-state index in [2.05, 4.69) is 31.7 Å². The van der Waals surface area contributed by atoms with Crippen molar-refractivity contribution in [2.45, 2.75) is 26.2 Å². The molecule has 0 N–H and O–H groups in total. The summed E-state index contributed by atoms with van der Waals surface area (Å²) in [4.78, 5) is 0. The standard InChI is InChI=1S/C11H15N/c1-9-3-5-11(6-4-9)10(2)7-8-12/h3,5,10-11H,1,4,6-7H2,2H3/t10-,11-/m0/s1. The van der Waals surface area contributed by atoms with E-state index in [0.29, 0.717) is 18.3 Å². The summed E-state index contributed by atoms with van der Waals surface area (Å²) in [6.45, 7) is 6.05. The predicted molar refractivity (Wildman–Crippen MR) is 50.4 cm³/mol. The average Bonchev–Trinajstić information content (AvgIpc) is 2.06. The molecular weight excluding hydrogens is 146 g/mol. The Morgan fingerprint density at radius 2 is 2.58 bits per heavy atom. The van der Waals surface area contributed by atoms with Crippen LogP contribution in [0.3, 0.4) is 0 Å². The molecule has 1 aliphatic carbocycles. The zero-order chi connectivity index (χ0) is 8.97. The van der Waals surface area contributed by atoms with Crippen molar-refractivity contribution in [1.82, 2.24) is 0 Å². The third-order valence-corrected chi connectivity index (χ3v) is 2.52. The molecule has 0 unspecified atom stereocenters. The van der Waals surface area contributed by atoms with Crippen molar-refractivity contribution in [2.24, 2.45) is 11.8 Å². The summed E-state index contributed by atoms with van der Waals surface area (Å²) >= 11 is 0. The fourth-order valence-electron chi connectivity index (χ4n) is 1.56. The van der Waals surface area contributed by atoms with Crippen LogP contribution in [0.1, 0.15) is 26.2 Å². The highest BCUT2D eigenvalue weighted by molar-refractivity contribution is 5.19. The summed E-state index contributed by atoms with van der Waals surface area (Å²) in [6, 6.07) is 2.22. The summed E-state index contributed by atoms with van der Waals surface area (Å²) in [5.74, 6) is 1.09. The van der Waals surface area contributed by atoms with Crippen molar-refractivity contribution in [3.05, 3.63) is 24.3 Å². The Hall–Kier alpha value is -1.03. The molecule has 1 nitrogen and oxygen atoms in total. The fourth-order valence-corrected chi connectivity index (χ4v) is 1.56. The summed E-state index contributed by atoms with van der Waals surface area (Å²) in [5.41, 5.74) is 1.22. The van der Waals surface area contributed by atoms with Gasteiger partial charge in [-0.1, -0.05) is 31.2 Å². The molecule has 0 bridgehead atoms. The lowest BCUT2D eigenvalue weighted by Gasteiger charge is -2.22. The molecule has 0 saturated heterocycles. The molecule has 1 aliphatic rings. The largest absolute Gasteiger partial charge is 0.198 e. The Bertz CT molecular complexity index is 232. The van der Waals surface area contributed by atoms with E-state index in [1.807, 2.05) is 0 Å². The summed E-state index contributed by atoms with van der Waals surface area (Å²) in [6.07, 6.45) is 7.23. The molecule has 0 spiro atoms. The van der Waals surface area contributed by atoms with Crippen LogP contribution >= 0.6 is 0 Å². The average molecular weight is 161 g/mol. The van der Waals surface area contributed by atoms with Gasteiger partial charge in [0, 0.05) is 6.42 Å². The van der Waals surface area contributed by atoms with Crippen LogP contribution in [0.4, 0.5) is 0 Å². The van der Waals surface area contributed by atoms with Gasteiger partial charge < -0.3 is 0 Å². The molecule has 1 rings (SSSR count). The molecule has 0 aliphatic heterocycles. The van der Waals surface area contributed by atoms with Crippen LogP contribution in [0.15, 0.2) is 24.3 Å². The molecule has 0 aromatic heterocycles. The van der Waals surface area contributed by atoms with Crippen LogP contribution in [0, 0.1) is 23.2 Å². The van der Waals surface area contributed by atoms with Gasteiger partial charge in [0.2, 0.25) is 0 Å². The molecule has 64 valence electrons. The van der Waals surface area contributed by atoms with Crippen LogP contribution in [-0.2, 0) is 0 Å². The lowest BCUT2D eigenvalue weighted by atomic mass is 9.83. The van der Waals surface area contributed by atoms with Gasteiger partial charge >= 0.3 is 0 Å². The molecule has 1 heteroatoms. The second kappa shape index (κ2) is 4.11. The number of nitrogens with zero attached hydrogens (tertiary/aromatic N) is 1. The van der Waals surface area contributed by atoms with Crippen molar-refractivity contribution in [1.29, 1.82) is 5.26 Å². The van der Waals surface area contributed by atoms with Gasteiger partial charge in [-0.15, -0.1) is 0 Å². The highest BCUT2D eigenvalue weighted by Crippen LogP contribution is 2.27. The van der Waals surface area contributed by atoms with E-state index < -0.39 is 0 Å². The first-order valence-electron chi connectivity index (χ1n) is 4.47. The summed E-state index contributed by atoms with van der Waals surface area (Å²) in [7, 11) is 0. The topological polar surface area (TPSA) is 23.8 Å². The van der Waals surface area contributed by atoms with E-state index >= 15 is 0 Å². The number of nitriles is 1.